The largest absolute Gasteiger partial charge is 0.487 e. The summed E-state index contributed by atoms with van der Waals surface area (Å²) in [7, 11) is 0. The molecule has 3 rings (SSSR count). The maximum absolute atomic E-state index is 13.9. The average Bonchev–Trinajstić information content (AvgIpc) is 2.88. The van der Waals surface area contributed by atoms with Crippen LogP contribution in [-0.2, 0) is 6.42 Å². The van der Waals surface area contributed by atoms with Crippen LogP contribution in [0, 0.1) is 5.82 Å². The molecule has 1 aliphatic heterocycles. The molecule has 2 aromatic carbocycles. The highest BCUT2D eigenvalue weighted by atomic mass is 19.1. The van der Waals surface area contributed by atoms with Crippen molar-refractivity contribution < 1.29 is 19.0 Å². The van der Waals surface area contributed by atoms with Gasteiger partial charge in [-0.1, -0.05) is 24.3 Å². The summed E-state index contributed by atoms with van der Waals surface area (Å²) in [5, 5.41) is 9.41. The molecular weight excluding hydrogens is 271 g/mol. The van der Waals surface area contributed by atoms with Crippen molar-refractivity contribution in [3.63, 3.8) is 0 Å². The summed E-state index contributed by atoms with van der Waals surface area (Å²) in [4.78, 5) is 0. The lowest BCUT2D eigenvalue weighted by atomic mass is 10.1. The van der Waals surface area contributed by atoms with E-state index in [0.717, 1.165) is 17.7 Å². The fourth-order valence-corrected chi connectivity index (χ4v) is 2.42. The van der Waals surface area contributed by atoms with Gasteiger partial charge in [0.05, 0.1) is 6.10 Å². The molecule has 0 amide bonds. The normalized spacial score (nSPS) is 18.0. The number of halogens is 1. The number of benzene rings is 2. The predicted molar refractivity (Wildman–Crippen MR) is 77.1 cm³/mol. The van der Waals surface area contributed by atoms with Crippen LogP contribution in [0.15, 0.2) is 42.5 Å². The Bertz CT molecular complexity index is 615. The predicted octanol–water partition coefficient (Wildman–Crippen LogP) is 3.26. The van der Waals surface area contributed by atoms with Crippen molar-refractivity contribution in [2.75, 3.05) is 6.61 Å². The Kier molecular flexibility index (Phi) is 3.80. The number of rotatable bonds is 4. The van der Waals surface area contributed by atoms with Crippen LogP contribution in [0.2, 0.25) is 0 Å². The van der Waals surface area contributed by atoms with E-state index in [0.29, 0.717) is 12.2 Å². The number of para-hydroxylation sites is 1. The molecule has 110 valence electrons. The van der Waals surface area contributed by atoms with Gasteiger partial charge in [-0.3, -0.25) is 0 Å². The van der Waals surface area contributed by atoms with Crippen LogP contribution in [0.3, 0.4) is 0 Å². The van der Waals surface area contributed by atoms with E-state index in [4.69, 9.17) is 9.47 Å². The topological polar surface area (TPSA) is 38.7 Å². The lowest BCUT2D eigenvalue weighted by Gasteiger charge is -2.14. The molecule has 0 spiro atoms. The second-order valence-corrected chi connectivity index (χ2v) is 5.23. The SMILES string of the molecule is CC(O)c1ccc(OCC2Cc3ccccc3O2)c(F)c1. The molecule has 0 saturated heterocycles. The maximum atomic E-state index is 13.9. The Balaban J connectivity index is 1.62. The molecule has 0 aliphatic carbocycles. The van der Waals surface area contributed by atoms with Gasteiger partial charge in [0.15, 0.2) is 11.6 Å². The van der Waals surface area contributed by atoms with E-state index in [1.807, 2.05) is 24.3 Å². The lowest BCUT2D eigenvalue weighted by molar-refractivity contribution is 0.145. The monoisotopic (exact) mass is 288 g/mol. The van der Waals surface area contributed by atoms with Crippen LogP contribution < -0.4 is 9.47 Å². The van der Waals surface area contributed by atoms with E-state index in [1.165, 1.54) is 6.07 Å². The first kappa shape index (κ1) is 13.9. The fourth-order valence-electron chi connectivity index (χ4n) is 2.42. The summed E-state index contributed by atoms with van der Waals surface area (Å²) in [6.07, 6.45) is -0.0248. The highest BCUT2D eigenvalue weighted by Gasteiger charge is 2.23. The molecule has 0 saturated carbocycles. The van der Waals surface area contributed by atoms with Crippen molar-refractivity contribution in [2.24, 2.45) is 0 Å². The molecule has 2 aromatic rings. The van der Waals surface area contributed by atoms with Crippen LogP contribution in [0.25, 0.3) is 0 Å². The second-order valence-electron chi connectivity index (χ2n) is 5.23. The number of hydrogen-bond acceptors (Lipinski definition) is 3. The molecule has 0 fully saturated rings. The summed E-state index contributed by atoms with van der Waals surface area (Å²) in [6.45, 7) is 1.89. The minimum absolute atomic E-state index is 0.0989. The minimum Gasteiger partial charge on any atom is -0.487 e. The quantitative estimate of drug-likeness (QED) is 0.938. The summed E-state index contributed by atoms with van der Waals surface area (Å²) in [5.41, 5.74) is 1.68. The van der Waals surface area contributed by atoms with Gasteiger partial charge in [0.2, 0.25) is 0 Å². The highest BCUT2D eigenvalue weighted by Crippen LogP contribution is 2.29. The van der Waals surface area contributed by atoms with E-state index in [2.05, 4.69) is 0 Å². The van der Waals surface area contributed by atoms with Crippen LogP contribution in [0.5, 0.6) is 11.5 Å². The molecule has 2 atom stereocenters. The van der Waals surface area contributed by atoms with Crippen molar-refractivity contribution >= 4 is 0 Å². The van der Waals surface area contributed by atoms with E-state index in [9.17, 15) is 9.50 Å². The molecule has 3 nitrogen and oxygen atoms in total. The number of ether oxygens (including phenoxy) is 2. The van der Waals surface area contributed by atoms with Gasteiger partial charge in [-0.15, -0.1) is 0 Å². The Morgan fingerprint density at radius 2 is 2.14 bits per heavy atom. The number of aliphatic hydroxyl groups is 1. The summed E-state index contributed by atoms with van der Waals surface area (Å²) in [5.74, 6) is 0.582. The standard InChI is InChI=1S/C17H17FO3/c1-11(19)12-6-7-17(15(18)9-12)20-10-14-8-13-4-2-3-5-16(13)21-14/h2-7,9,11,14,19H,8,10H2,1H3. The fraction of sp³-hybridized carbons (Fsp3) is 0.294. The van der Waals surface area contributed by atoms with E-state index >= 15 is 0 Å². The molecule has 1 aliphatic rings. The molecule has 0 aromatic heterocycles. The van der Waals surface area contributed by atoms with E-state index in [1.54, 1.807) is 19.1 Å². The second kappa shape index (κ2) is 5.74. The third-order valence-corrected chi connectivity index (χ3v) is 3.58. The highest BCUT2D eigenvalue weighted by molar-refractivity contribution is 5.37. The smallest absolute Gasteiger partial charge is 0.165 e. The Morgan fingerprint density at radius 1 is 1.33 bits per heavy atom. The van der Waals surface area contributed by atoms with Crippen molar-refractivity contribution in [1.82, 2.24) is 0 Å². The van der Waals surface area contributed by atoms with Crippen molar-refractivity contribution in [1.29, 1.82) is 0 Å². The molecule has 21 heavy (non-hydrogen) atoms. The third kappa shape index (κ3) is 3.00. The van der Waals surface area contributed by atoms with Gasteiger partial charge in [0.25, 0.3) is 0 Å². The molecule has 1 N–H and O–H groups in total. The zero-order valence-electron chi connectivity index (χ0n) is 11.8. The van der Waals surface area contributed by atoms with Gasteiger partial charge in [-0.05, 0) is 36.2 Å². The molecule has 1 heterocycles. The van der Waals surface area contributed by atoms with Crippen molar-refractivity contribution in [3.05, 3.63) is 59.4 Å². The lowest BCUT2D eigenvalue weighted by Crippen LogP contribution is -2.22. The van der Waals surface area contributed by atoms with Gasteiger partial charge in [-0.2, -0.15) is 0 Å². The summed E-state index contributed by atoms with van der Waals surface area (Å²) >= 11 is 0. The van der Waals surface area contributed by atoms with Crippen molar-refractivity contribution in [2.45, 2.75) is 25.6 Å². The van der Waals surface area contributed by atoms with E-state index < -0.39 is 11.9 Å². The van der Waals surface area contributed by atoms with E-state index in [-0.39, 0.29) is 11.9 Å². The first-order valence-electron chi connectivity index (χ1n) is 6.98. The van der Waals surface area contributed by atoms with Crippen LogP contribution >= 0.6 is 0 Å². The third-order valence-electron chi connectivity index (χ3n) is 3.58. The van der Waals surface area contributed by atoms with Crippen LogP contribution in [0.1, 0.15) is 24.2 Å². The molecular formula is C17H17FO3. The van der Waals surface area contributed by atoms with Gasteiger partial charge in [-0.25, -0.2) is 4.39 Å². The van der Waals surface area contributed by atoms with Crippen LogP contribution in [0.4, 0.5) is 4.39 Å². The molecule has 0 radical (unpaired) electrons. The summed E-state index contributed by atoms with van der Waals surface area (Å²) < 4.78 is 25.1. The zero-order chi connectivity index (χ0) is 14.8. The first-order valence-corrected chi connectivity index (χ1v) is 6.98. The Morgan fingerprint density at radius 3 is 2.86 bits per heavy atom. The number of hydrogen-bond donors (Lipinski definition) is 1. The number of fused-ring (bicyclic) bond motifs is 1. The molecule has 4 heteroatoms. The Hall–Kier alpha value is -2.07. The van der Waals surface area contributed by atoms with Gasteiger partial charge in [0, 0.05) is 6.42 Å². The first-order chi connectivity index (χ1) is 10.1. The minimum atomic E-state index is -0.693. The number of aliphatic hydroxyl groups excluding tert-OH is 1. The molecule has 0 bridgehead atoms. The van der Waals surface area contributed by atoms with Crippen molar-refractivity contribution in [3.8, 4) is 11.5 Å². The zero-order valence-corrected chi connectivity index (χ0v) is 11.8. The van der Waals surface area contributed by atoms with Gasteiger partial charge in [0.1, 0.15) is 18.5 Å². The van der Waals surface area contributed by atoms with Crippen LogP contribution in [-0.4, -0.2) is 17.8 Å². The average molecular weight is 288 g/mol. The Labute approximate surface area is 122 Å². The summed E-state index contributed by atoms with van der Waals surface area (Å²) in [6, 6.07) is 12.3. The van der Waals surface area contributed by atoms with Gasteiger partial charge >= 0.3 is 0 Å². The van der Waals surface area contributed by atoms with Gasteiger partial charge < -0.3 is 14.6 Å². The molecule has 2 unspecified atom stereocenters. The maximum Gasteiger partial charge on any atom is 0.165 e.